The van der Waals surface area contributed by atoms with Gasteiger partial charge in [0.1, 0.15) is 0 Å². The van der Waals surface area contributed by atoms with Crippen molar-refractivity contribution in [3.63, 3.8) is 0 Å². The van der Waals surface area contributed by atoms with Gasteiger partial charge in [-0.1, -0.05) is 45.6 Å². The summed E-state index contributed by atoms with van der Waals surface area (Å²) in [4.78, 5) is 12.8. The highest BCUT2D eigenvalue weighted by molar-refractivity contribution is 5.86. The second-order valence-electron chi connectivity index (χ2n) is 3.73. The highest BCUT2D eigenvalue weighted by Crippen LogP contribution is 2.05. The fourth-order valence-electron chi connectivity index (χ4n) is 1.40. The van der Waals surface area contributed by atoms with Crippen LogP contribution in [0.15, 0.2) is 12.7 Å². The second kappa shape index (κ2) is 8.79. The van der Waals surface area contributed by atoms with Crippen LogP contribution in [0.5, 0.6) is 0 Å². The second-order valence-corrected chi connectivity index (χ2v) is 3.73. The molecule has 0 fully saturated rings. The molecule has 0 unspecified atom stereocenters. The van der Waals surface area contributed by atoms with E-state index in [9.17, 15) is 4.79 Å². The molecule has 14 heavy (non-hydrogen) atoms. The lowest BCUT2D eigenvalue weighted by Gasteiger charge is -2.14. The average Bonchev–Trinajstić information content (AvgIpc) is 2.21. The van der Waals surface area contributed by atoms with Crippen molar-refractivity contribution in [2.45, 2.75) is 45.4 Å². The normalized spacial score (nSPS) is 9.86. The van der Waals surface area contributed by atoms with Gasteiger partial charge in [-0.25, -0.2) is 0 Å². The zero-order valence-electron chi connectivity index (χ0n) is 9.59. The standard InChI is InChI=1S/C12H23NO/c1-4-6-7-8-9-10-11-13(3)12(14)5-2/h5H,2,4,6-11H2,1,3H3. The first-order valence-corrected chi connectivity index (χ1v) is 5.60. The minimum Gasteiger partial charge on any atom is -0.342 e. The van der Waals surface area contributed by atoms with E-state index in [0.717, 1.165) is 13.0 Å². The predicted octanol–water partition coefficient (Wildman–Crippen LogP) is 2.99. The summed E-state index contributed by atoms with van der Waals surface area (Å²) < 4.78 is 0. The van der Waals surface area contributed by atoms with Gasteiger partial charge in [0, 0.05) is 13.6 Å². The number of unbranched alkanes of at least 4 members (excludes halogenated alkanes) is 5. The summed E-state index contributed by atoms with van der Waals surface area (Å²) in [5, 5.41) is 0. The van der Waals surface area contributed by atoms with Crippen LogP contribution in [-0.4, -0.2) is 24.4 Å². The lowest BCUT2D eigenvalue weighted by atomic mass is 10.1. The van der Waals surface area contributed by atoms with Crippen molar-refractivity contribution in [2.75, 3.05) is 13.6 Å². The third-order valence-electron chi connectivity index (χ3n) is 2.40. The van der Waals surface area contributed by atoms with Gasteiger partial charge in [0.25, 0.3) is 0 Å². The van der Waals surface area contributed by atoms with Crippen molar-refractivity contribution in [3.05, 3.63) is 12.7 Å². The largest absolute Gasteiger partial charge is 0.342 e. The van der Waals surface area contributed by atoms with Gasteiger partial charge in [0.2, 0.25) is 5.91 Å². The highest BCUT2D eigenvalue weighted by Gasteiger charge is 2.02. The highest BCUT2D eigenvalue weighted by atomic mass is 16.2. The maximum atomic E-state index is 11.1. The smallest absolute Gasteiger partial charge is 0.245 e. The molecule has 2 heteroatoms. The minimum atomic E-state index is 0.0264. The van der Waals surface area contributed by atoms with Gasteiger partial charge in [-0.15, -0.1) is 0 Å². The van der Waals surface area contributed by atoms with Gasteiger partial charge in [-0.2, -0.15) is 0 Å². The Morgan fingerprint density at radius 2 is 1.79 bits per heavy atom. The number of hydrogen-bond donors (Lipinski definition) is 0. The maximum Gasteiger partial charge on any atom is 0.245 e. The van der Waals surface area contributed by atoms with E-state index < -0.39 is 0 Å². The first-order valence-electron chi connectivity index (χ1n) is 5.60. The molecular formula is C12H23NO. The molecule has 0 radical (unpaired) electrons. The molecule has 0 aliphatic heterocycles. The van der Waals surface area contributed by atoms with E-state index in [1.54, 1.807) is 4.90 Å². The zero-order valence-corrected chi connectivity index (χ0v) is 9.59. The molecule has 0 heterocycles. The van der Waals surface area contributed by atoms with E-state index in [0.29, 0.717) is 0 Å². The van der Waals surface area contributed by atoms with Crippen LogP contribution in [0.2, 0.25) is 0 Å². The molecule has 0 aliphatic carbocycles. The predicted molar refractivity (Wildman–Crippen MR) is 61.2 cm³/mol. The van der Waals surface area contributed by atoms with Crippen LogP contribution in [0, 0.1) is 0 Å². The van der Waals surface area contributed by atoms with E-state index in [2.05, 4.69) is 13.5 Å². The Balaban J connectivity index is 3.27. The number of amides is 1. The van der Waals surface area contributed by atoms with Crippen molar-refractivity contribution >= 4 is 5.91 Å². The monoisotopic (exact) mass is 197 g/mol. The Morgan fingerprint density at radius 3 is 2.36 bits per heavy atom. The Bertz CT molecular complexity index is 166. The molecule has 0 spiro atoms. The van der Waals surface area contributed by atoms with Gasteiger partial charge >= 0.3 is 0 Å². The van der Waals surface area contributed by atoms with Gasteiger partial charge in [0.05, 0.1) is 0 Å². The fourth-order valence-corrected chi connectivity index (χ4v) is 1.40. The summed E-state index contributed by atoms with van der Waals surface area (Å²) in [5.74, 6) is 0.0264. The molecule has 0 saturated carbocycles. The number of nitrogens with zero attached hydrogens (tertiary/aromatic N) is 1. The molecule has 0 aromatic heterocycles. The molecule has 0 saturated heterocycles. The summed E-state index contributed by atoms with van der Waals surface area (Å²) >= 11 is 0. The first kappa shape index (κ1) is 13.2. The first-order chi connectivity index (χ1) is 6.72. The molecule has 0 atom stereocenters. The van der Waals surface area contributed by atoms with Crippen LogP contribution >= 0.6 is 0 Å². The van der Waals surface area contributed by atoms with E-state index in [4.69, 9.17) is 0 Å². The lowest BCUT2D eigenvalue weighted by Crippen LogP contribution is -2.25. The van der Waals surface area contributed by atoms with E-state index >= 15 is 0 Å². The van der Waals surface area contributed by atoms with E-state index in [1.165, 1.54) is 38.2 Å². The molecule has 82 valence electrons. The third kappa shape index (κ3) is 6.70. The number of carbonyl (C=O) groups excluding carboxylic acids is 1. The van der Waals surface area contributed by atoms with Crippen molar-refractivity contribution in [3.8, 4) is 0 Å². The summed E-state index contributed by atoms with van der Waals surface area (Å²) in [6, 6.07) is 0. The molecule has 0 N–H and O–H groups in total. The summed E-state index contributed by atoms with van der Waals surface area (Å²) in [5.41, 5.74) is 0. The molecule has 1 amide bonds. The Morgan fingerprint density at radius 1 is 1.21 bits per heavy atom. The number of rotatable bonds is 8. The lowest BCUT2D eigenvalue weighted by molar-refractivity contribution is -0.124. The minimum absolute atomic E-state index is 0.0264. The van der Waals surface area contributed by atoms with Crippen LogP contribution in [0.1, 0.15) is 45.4 Å². The SMILES string of the molecule is C=CC(=O)N(C)CCCCCCCC. The average molecular weight is 197 g/mol. The van der Waals surface area contributed by atoms with Crippen molar-refractivity contribution < 1.29 is 4.79 Å². The molecule has 2 nitrogen and oxygen atoms in total. The van der Waals surface area contributed by atoms with Gasteiger partial charge in [-0.3, -0.25) is 4.79 Å². The zero-order chi connectivity index (χ0) is 10.8. The van der Waals surface area contributed by atoms with E-state index in [1.807, 2.05) is 7.05 Å². The molecule has 0 rings (SSSR count). The Labute approximate surface area is 88.0 Å². The Kier molecular flexibility index (Phi) is 8.30. The summed E-state index contributed by atoms with van der Waals surface area (Å²) in [6.07, 6.45) is 8.96. The molecule has 0 bridgehead atoms. The van der Waals surface area contributed by atoms with Crippen LogP contribution in [-0.2, 0) is 4.79 Å². The number of carbonyl (C=O) groups is 1. The Hall–Kier alpha value is -0.790. The topological polar surface area (TPSA) is 20.3 Å². The van der Waals surface area contributed by atoms with Crippen LogP contribution in [0.4, 0.5) is 0 Å². The van der Waals surface area contributed by atoms with Gasteiger partial charge < -0.3 is 4.90 Å². The van der Waals surface area contributed by atoms with Crippen molar-refractivity contribution in [1.29, 1.82) is 0 Å². The van der Waals surface area contributed by atoms with Crippen molar-refractivity contribution in [2.24, 2.45) is 0 Å². The third-order valence-corrected chi connectivity index (χ3v) is 2.40. The maximum absolute atomic E-state index is 11.1. The van der Waals surface area contributed by atoms with Gasteiger partial charge in [0.15, 0.2) is 0 Å². The van der Waals surface area contributed by atoms with E-state index in [-0.39, 0.29) is 5.91 Å². The molecule has 0 aromatic rings. The van der Waals surface area contributed by atoms with Crippen LogP contribution < -0.4 is 0 Å². The van der Waals surface area contributed by atoms with Crippen molar-refractivity contribution in [1.82, 2.24) is 4.90 Å². The van der Waals surface area contributed by atoms with Crippen LogP contribution in [0.25, 0.3) is 0 Å². The number of likely N-dealkylation sites (N-methyl/N-ethyl adjacent to an activating group) is 1. The summed E-state index contributed by atoms with van der Waals surface area (Å²) in [6.45, 7) is 6.54. The fraction of sp³-hybridized carbons (Fsp3) is 0.750. The molecule has 0 aromatic carbocycles. The van der Waals surface area contributed by atoms with Crippen LogP contribution in [0.3, 0.4) is 0 Å². The van der Waals surface area contributed by atoms with Gasteiger partial charge in [-0.05, 0) is 12.5 Å². The molecule has 0 aliphatic rings. The summed E-state index contributed by atoms with van der Waals surface area (Å²) in [7, 11) is 1.83. The molecular weight excluding hydrogens is 174 g/mol. The quantitative estimate of drug-likeness (QED) is 0.433. The number of hydrogen-bond acceptors (Lipinski definition) is 1.